The summed E-state index contributed by atoms with van der Waals surface area (Å²) in [6.07, 6.45) is 7.76. The Kier molecular flexibility index (Phi) is 4.17. The number of benzene rings is 1. The molecule has 5 heteroatoms. The van der Waals surface area contributed by atoms with E-state index in [0.29, 0.717) is 30.5 Å². The highest BCUT2D eigenvalue weighted by atomic mass is 16.4. The molecule has 5 nitrogen and oxygen atoms in total. The molecule has 4 rings (SSSR count). The lowest BCUT2D eigenvalue weighted by molar-refractivity contribution is -0.133. The van der Waals surface area contributed by atoms with Crippen LogP contribution in [0, 0.1) is 5.92 Å². The molecule has 2 aliphatic rings. The summed E-state index contributed by atoms with van der Waals surface area (Å²) < 4.78 is 6.82. The summed E-state index contributed by atoms with van der Waals surface area (Å²) >= 11 is 0. The van der Waals surface area contributed by atoms with E-state index in [1.54, 1.807) is 10.6 Å². The average molecular weight is 328 g/mol. The van der Waals surface area contributed by atoms with E-state index in [2.05, 4.69) is 4.90 Å². The largest absolute Gasteiger partial charge is 0.419 e. The third kappa shape index (κ3) is 2.76. The summed E-state index contributed by atoms with van der Waals surface area (Å²) in [5.41, 5.74) is 1.35. The molecule has 0 bridgehead atoms. The first-order chi connectivity index (χ1) is 11.7. The zero-order valence-electron chi connectivity index (χ0n) is 13.9. The number of hydrogen-bond acceptors (Lipinski definition) is 3. The number of hydrogen-bond donors (Lipinski definition) is 0. The van der Waals surface area contributed by atoms with Gasteiger partial charge < -0.3 is 9.32 Å². The summed E-state index contributed by atoms with van der Waals surface area (Å²) in [7, 11) is 0. The highest BCUT2D eigenvalue weighted by molar-refractivity contribution is 5.77. The van der Waals surface area contributed by atoms with Gasteiger partial charge in [0.1, 0.15) is 0 Å². The minimum atomic E-state index is -0.377. The van der Waals surface area contributed by atoms with Crippen molar-refractivity contribution in [2.75, 3.05) is 6.54 Å². The maximum atomic E-state index is 12.7. The van der Waals surface area contributed by atoms with Crippen molar-refractivity contribution in [3.63, 3.8) is 0 Å². The van der Waals surface area contributed by atoms with Crippen molar-refractivity contribution >= 4 is 17.0 Å². The minimum absolute atomic E-state index is 0.182. The van der Waals surface area contributed by atoms with Gasteiger partial charge in [-0.05, 0) is 43.7 Å². The van der Waals surface area contributed by atoms with Crippen LogP contribution in [0.15, 0.2) is 33.5 Å². The third-order valence-electron chi connectivity index (χ3n) is 5.69. The molecule has 1 saturated heterocycles. The van der Waals surface area contributed by atoms with Crippen molar-refractivity contribution in [2.24, 2.45) is 5.92 Å². The molecule has 2 heterocycles. The maximum absolute atomic E-state index is 12.7. The topological polar surface area (TPSA) is 55.5 Å². The van der Waals surface area contributed by atoms with Crippen molar-refractivity contribution in [1.82, 2.24) is 9.47 Å². The van der Waals surface area contributed by atoms with E-state index >= 15 is 0 Å². The summed E-state index contributed by atoms with van der Waals surface area (Å²) in [4.78, 5) is 26.8. The van der Waals surface area contributed by atoms with Crippen molar-refractivity contribution in [3.8, 4) is 0 Å². The molecular formula is C19H24N2O3. The van der Waals surface area contributed by atoms with E-state index < -0.39 is 0 Å². The molecule has 0 unspecified atom stereocenters. The first-order valence-corrected chi connectivity index (χ1v) is 9.12. The molecule has 24 heavy (non-hydrogen) atoms. The summed E-state index contributed by atoms with van der Waals surface area (Å²) in [6.45, 7) is 1.27. The van der Waals surface area contributed by atoms with E-state index in [1.807, 2.05) is 18.2 Å². The minimum Gasteiger partial charge on any atom is -0.408 e. The Balaban J connectivity index is 1.46. The Hall–Kier alpha value is -2.04. The molecule has 1 aliphatic carbocycles. The van der Waals surface area contributed by atoms with Gasteiger partial charge in [-0.3, -0.25) is 9.36 Å². The molecule has 1 aliphatic heterocycles. The van der Waals surface area contributed by atoms with Crippen molar-refractivity contribution in [2.45, 2.75) is 57.5 Å². The first kappa shape index (κ1) is 15.5. The highest BCUT2D eigenvalue weighted by Gasteiger charge is 2.35. The highest BCUT2D eigenvalue weighted by Crippen LogP contribution is 2.35. The number of para-hydroxylation sites is 2. The smallest absolute Gasteiger partial charge is 0.408 e. The lowest BCUT2D eigenvalue weighted by Crippen LogP contribution is -2.40. The molecule has 1 aromatic heterocycles. The van der Waals surface area contributed by atoms with Crippen LogP contribution >= 0.6 is 0 Å². The first-order valence-electron chi connectivity index (χ1n) is 9.12. The van der Waals surface area contributed by atoms with Gasteiger partial charge >= 0.3 is 5.76 Å². The number of rotatable bonds is 4. The van der Waals surface area contributed by atoms with Crippen LogP contribution in [0.5, 0.6) is 0 Å². The summed E-state index contributed by atoms with van der Waals surface area (Å²) in [5, 5.41) is 0. The van der Waals surface area contributed by atoms with E-state index in [9.17, 15) is 9.59 Å². The summed E-state index contributed by atoms with van der Waals surface area (Å²) in [6, 6.07) is 7.80. The standard InChI is InChI=1S/C19H24N2O3/c22-18(20-12-5-9-15(20)14-6-1-2-7-14)11-13-21-16-8-3-4-10-17(16)24-19(21)23/h3-4,8,10,14-15H,1-2,5-7,9,11-13H2/t15-/m1/s1. The Morgan fingerprint density at radius 1 is 1.12 bits per heavy atom. The molecule has 0 spiro atoms. The fraction of sp³-hybridized carbons (Fsp3) is 0.579. The molecule has 1 aromatic carbocycles. The lowest BCUT2D eigenvalue weighted by Gasteiger charge is -2.29. The molecule has 1 amide bonds. The number of nitrogens with zero attached hydrogens (tertiary/aromatic N) is 2. The molecule has 2 fully saturated rings. The molecule has 0 N–H and O–H groups in total. The van der Waals surface area contributed by atoms with Crippen LogP contribution in [0.3, 0.4) is 0 Å². The number of likely N-dealkylation sites (tertiary alicyclic amines) is 1. The zero-order valence-corrected chi connectivity index (χ0v) is 13.9. The number of oxazole rings is 1. The van der Waals surface area contributed by atoms with Crippen LogP contribution in [-0.2, 0) is 11.3 Å². The van der Waals surface area contributed by atoms with Gasteiger partial charge in [-0.2, -0.15) is 0 Å². The van der Waals surface area contributed by atoms with Crippen LogP contribution < -0.4 is 5.76 Å². The second-order valence-corrected chi connectivity index (χ2v) is 7.08. The Bertz CT molecular complexity index is 785. The Labute approximate surface area is 141 Å². The number of aromatic nitrogens is 1. The Morgan fingerprint density at radius 3 is 2.75 bits per heavy atom. The van der Waals surface area contributed by atoms with Gasteiger partial charge in [-0.15, -0.1) is 0 Å². The van der Waals surface area contributed by atoms with Gasteiger partial charge in [0.25, 0.3) is 0 Å². The summed E-state index contributed by atoms with van der Waals surface area (Å²) in [5.74, 6) is 0.494. The van der Waals surface area contributed by atoms with Crippen LogP contribution in [0.4, 0.5) is 0 Å². The zero-order chi connectivity index (χ0) is 16.5. The monoisotopic (exact) mass is 328 g/mol. The van der Waals surface area contributed by atoms with Gasteiger partial charge in [0, 0.05) is 25.6 Å². The van der Waals surface area contributed by atoms with Crippen LogP contribution in [0.25, 0.3) is 11.1 Å². The molecule has 1 atom stereocenters. The molecule has 0 radical (unpaired) electrons. The fourth-order valence-corrected chi connectivity index (χ4v) is 4.51. The Morgan fingerprint density at radius 2 is 1.92 bits per heavy atom. The molecule has 2 aromatic rings. The van der Waals surface area contributed by atoms with Gasteiger partial charge in [0.05, 0.1) is 5.52 Å². The number of carbonyl (C=O) groups excluding carboxylic acids is 1. The van der Waals surface area contributed by atoms with E-state index in [4.69, 9.17) is 4.42 Å². The molecular weight excluding hydrogens is 304 g/mol. The van der Waals surface area contributed by atoms with Crippen LogP contribution in [-0.4, -0.2) is 28.0 Å². The van der Waals surface area contributed by atoms with E-state index in [0.717, 1.165) is 24.9 Å². The van der Waals surface area contributed by atoms with Gasteiger partial charge in [-0.25, -0.2) is 4.79 Å². The van der Waals surface area contributed by atoms with Gasteiger partial charge in [-0.1, -0.05) is 25.0 Å². The predicted octanol–water partition coefficient (Wildman–Crippen LogP) is 3.17. The molecule has 128 valence electrons. The average Bonchev–Trinajstić information content (AvgIpc) is 3.31. The van der Waals surface area contributed by atoms with Crippen molar-refractivity contribution in [1.29, 1.82) is 0 Å². The SMILES string of the molecule is O=C(CCn1c(=O)oc2ccccc21)N1CCC[C@@H]1C1CCCC1. The maximum Gasteiger partial charge on any atom is 0.419 e. The van der Waals surface area contributed by atoms with Gasteiger partial charge in [0.2, 0.25) is 5.91 Å². The predicted molar refractivity (Wildman–Crippen MR) is 91.8 cm³/mol. The molecule has 1 saturated carbocycles. The third-order valence-corrected chi connectivity index (χ3v) is 5.69. The second kappa shape index (κ2) is 6.46. The van der Waals surface area contributed by atoms with Crippen LogP contribution in [0.2, 0.25) is 0 Å². The van der Waals surface area contributed by atoms with E-state index in [-0.39, 0.29) is 11.7 Å². The van der Waals surface area contributed by atoms with Crippen molar-refractivity contribution in [3.05, 3.63) is 34.8 Å². The van der Waals surface area contributed by atoms with Crippen molar-refractivity contribution < 1.29 is 9.21 Å². The number of fused-ring (bicyclic) bond motifs is 1. The number of aryl methyl sites for hydroxylation is 1. The van der Waals surface area contributed by atoms with Crippen LogP contribution in [0.1, 0.15) is 44.9 Å². The number of amides is 1. The number of carbonyl (C=O) groups is 1. The lowest BCUT2D eigenvalue weighted by atomic mass is 9.96. The fourth-order valence-electron chi connectivity index (χ4n) is 4.51. The van der Waals surface area contributed by atoms with E-state index in [1.165, 1.54) is 25.7 Å². The van der Waals surface area contributed by atoms with Gasteiger partial charge in [0.15, 0.2) is 5.58 Å². The quantitative estimate of drug-likeness (QED) is 0.866. The second-order valence-electron chi connectivity index (χ2n) is 7.08. The normalized spacial score (nSPS) is 21.8.